The number of hydrogen-bond acceptors (Lipinski definition) is 6. The van der Waals surface area contributed by atoms with Gasteiger partial charge in [-0.15, -0.1) is 0 Å². The normalized spacial score (nSPS) is 11.6. The lowest BCUT2D eigenvalue weighted by Gasteiger charge is -2.09. The number of hydrogen-bond donors (Lipinski definition) is 2. The molecule has 7 heteroatoms. The Kier molecular flexibility index (Phi) is 5.02. The van der Waals surface area contributed by atoms with Gasteiger partial charge >= 0.3 is 0 Å². The summed E-state index contributed by atoms with van der Waals surface area (Å²) in [5.74, 6) is 0.298. The van der Waals surface area contributed by atoms with E-state index in [1.165, 1.54) is 6.07 Å². The largest absolute Gasteiger partial charge is 0.393 e. The van der Waals surface area contributed by atoms with E-state index in [0.717, 1.165) is 6.20 Å². The molecule has 1 unspecified atom stereocenters. The average Bonchev–Trinajstić information content (AvgIpc) is 2.38. The molecule has 0 aliphatic carbocycles. The van der Waals surface area contributed by atoms with Crippen LogP contribution in [-0.4, -0.2) is 27.7 Å². The van der Waals surface area contributed by atoms with Crippen molar-refractivity contribution in [3.63, 3.8) is 0 Å². The van der Waals surface area contributed by atoms with Crippen molar-refractivity contribution in [1.29, 1.82) is 5.26 Å². The number of pyridine rings is 1. The first-order valence-corrected chi connectivity index (χ1v) is 5.55. The SMILES string of the molecule is CCC(O)CCNc1ncc([N+](=O)[O-])cc1C#N. The van der Waals surface area contributed by atoms with Gasteiger partial charge in [0.1, 0.15) is 23.6 Å². The highest BCUT2D eigenvalue weighted by Gasteiger charge is 2.12. The standard InChI is InChI=1S/C11H14N4O3/c1-2-10(16)3-4-13-11-8(6-12)5-9(7-14-11)15(17)18/h5,7,10,16H,2-4H2,1H3,(H,13,14). The van der Waals surface area contributed by atoms with Gasteiger partial charge in [0.05, 0.1) is 11.0 Å². The molecule has 7 nitrogen and oxygen atoms in total. The van der Waals surface area contributed by atoms with Crippen molar-refractivity contribution in [2.24, 2.45) is 0 Å². The van der Waals surface area contributed by atoms with Crippen molar-refractivity contribution in [1.82, 2.24) is 4.98 Å². The van der Waals surface area contributed by atoms with Crippen LogP contribution in [0, 0.1) is 21.4 Å². The molecule has 2 N–H and O–H groups in total. The summed E-state index contributed by atoms with van der Waals surface area (Å²) in [6.07, 6.45) is 1.88. The maximum absolute atomic E-state index is 10.5. The van der Waals surface area contributed by atoms with Gasteiger partial charge in [0.2, 0.25) is 0 Å². The second kappa shape index (κ2) is 6.51. The number of anilines is 1. The van der Waals surface area contributed by atoms with Crippen LogP contribution in [0.25, 0.3) is 0 Å². The maximum Gasteiger partial charge on any atom is 0.289 e. The third kappa shape index (κ3) is 3.68. The number of aromatic nitrogens is 1. The number of nitro groups is 1. The molecule has 0 fully saturated rings. The monoisotopic (exact) mass is 250 g/mol. The van der Waals surface area contributed by atoms with Crippen LogP contribution in [-0.2, 0) is 0 Å². The zero-order valence-corrected chi connectivity index (χ0v) is 9.96. The minimum absolute atomic E-state index is 0.121. The Bertz CT molecular complexity index is 470. The van der Waals surface area contributed by atoms with Gasteiger partial charge in [0.25, 0.3) is 5.69 Å². The maximum atomic E-state index is 10.5. The molecule has 96 valence electrons. The fraction of sp³-hybridized carbons (Fsp3) is 0.455. The molecule has 1 aromatic heterocycles. The summed E-state index contributed by atoms with van der Waals surface area (Å²) in [4.78, 5) is 13.8. The van der Waals surface area contributed by atoms with Crippen LogP contribution in [0.2, 0.25) is 0 Å². The minimum Gasteiger partial charge on any atom is -0.393 e. The smallest absolute Gasteiger partial charge is 0.289 e. The van der Waals surface area contributed by atoms with Crippen molar-refractivity contribution >= 4 is 11.5 Å². The summed E-state index contributed by atoms with van der Waals surface area (Å²) in [6.45, 7) is 2.32. The molecule has 1 heterocycles. The lowest BCUT2D eigenvalue weighted by Crippen LogP contribution is -2.13. The molecule has 18 heavy (non-hydrogen) atoms. The molecule has 0 spiro atoms. The molecular formula is C11H14N4O3. The highest BCUT2D eigenvalue weighted by molar-refractivity contribution is 5.55. The molecule has 1 atom stereocenters. The molecule has 0 saturated carbocycles. The van der Waals surface area contributed by atoms with Gasteiger partial charge in [-0.25, -0.2) is 4.98 Å². The highest BCUT2D eigenvalue weighted by atomic mass is 16.6. The van der Waals surface area contributed by atoms with Crippen molar-refractivity contribution in [2.75, 3.05) is 11.9 Å². The number of nitrogens with zero attached hydrogens (tertiary/aromatic N) is 3. The first-order valence-electron chi connectivity index (χ1n) is 5.55. The van der Waals surface area contributed by atoms with Crippen LogP contribution in [0.5, 0.6) is 0 Å². The summed E-state index contributed by atoms with van der Waals surface area (Å²) in [7, 11) is 0. The number of aliphatic hydroxyl groups is 1. The Morgan fingerprint density at radius 2 is 2.44 bits per heavy atom. The van der Waals surface area contributed by atoms with E-state index in [1.807, 2.05) is 13.0 Å². The molecule has 1 aromatic rings. The first-order chi connectivity index (χ1) is 8.58. The van der Waals surface area contributed by atoms with Crippen LogP contribution >= 0.6 is 0 Å². The average molecular weight is 250 g/mol. The zero-order valence-electron chi connectivity index (χ0n) is 9.96. The van der Waals surface area contributed by atoms with E-state index >= 15 is 0 Å². The van der Waals surface area contributed by atoms with Crippen LogP contribution in [0.1, 0.15) is 25.3 Å². The topological polar surface area (TPSA) is 112 Å². The summed E-state index contributed by atoms with van der Waals surface area (Å²) < 4.78 is 0. The van der Waals surface area contributed by atoms with Crippen LogP contribution in [0.3, 0.4) is 0 Å². The lowest BCUT2D eigenvalue weighted by molar-refractivity contribution is -0.385. The fourth-order valence-electron chi connectivity index (χ4n) is 1.34. The van der Waals surface area contributed by atoms with E-state index in [0.29, 0.717) is 25.2 Å². The van der Waals surface area contributed by atoms with E-state index in [1.54, 1.807) is 0 Å². The second-order valence-electron chi connectivity index (χ2n) is 3.74. The molecule has 0 aliphatic heterocycles. The Morgan fingerprint density at radius 1 is 1.72 bits per heavy atom. The van der Waals surface area contributed by atoms with Gasteiger partial charge < -0.3 is 10.4 Å². The van der Waals surface area contributed by atoms with Crippen molar-refractivity contribution in [2.45, 2.75) is 25.9 Å². The van der Waals surface area contributed by atoms with Crippen molar-refractivity contribution in [3.8, 4) is 6.07 Å². The van der Waals surface area contributed by atoms with Gasteiger partial charge in [-0.2, -0.15) is 5.26 Å². The van der Waals surface area contributed by atoms with E-state index in [2.05, 4.69) is 10.3 Å². The minimum atomic E-state index is -0.599. The fourth-order valence-corrected chi connectivity index (χ4v) is 1.34. The highest BCUT2D eigenvalue weighted by Crippen LogP contribution is 2.18. The summed E-state index contributed by atoms with van der Waals surface area (Å²) in [5.41, 5.74) is -0.0964. The number of aliphatic hydroxyl groups excluding tert-OH is 1. The Balaban J connectivity index is 2.72. The van der Waals surface area contributed by atoms with Gasteiger partial charge in [-0.1, -0.05) is 6.92 Å². The summed E-state index contributed by atoms with van der Waals surface area (Å²) in [5, 5.41) is 31.6. The molecule has 1 rings (SSSR count). The summed E-state index contributed by atoms with van der Waals surface area (Å²) >= 11 is 0. The van der Waals surface area contributed by atoms with Crippen LogP contribution in [0.4, 0.5) is 11.5 Å². The molecule has 0 saturated heterocycles. The van der Waals surface area contributed by atoms with Crippen LogP contribution < -0.4 is 5.32 Å². The number of nitriles is 1. The zero-order chi connectivity index (χ0) is 13.5. The molecule has 0 amide bonds. The van der Waals surface area contributed by atoms with E-state index in [9.17, 15) is 15.2 Å². The van der Waals surface area contributed by atoms with Crippen molar-refractivity contribution in [3.05, 3.63) is 27.9 Å². The molecule has 0 bridgehead atoms. The third-order valence-electron chi connectivity index (χ3n) is 2.45. The van der Waals surface area contributed by atoms with E-state index in [-0.39, 0.29) is 11.3 Å². The van der Waals surface area contributed by atoms with E-state index in [4.69, 9.17) is 5.26 Å². The van der Waals surface area contributed by atoms with Gasteiger partial charge in [0.15, 0.2) is 0 Å². The van der Waals surface area contributed by atoms with Gasteiger partial charge in [-0.3, -0.25) is 10.1 Å². The molecule has 0 aliphatic rings. The predicted molar refractivity (Wildman–Crippen MR) is 65.0 cm³/mol. The second-order valence-corrected chi connectivity index (χ2v) is 3.74. The summed E-state index contributed by atoms with van der Waals surface area (Å²) in [6, 6.07) is 3.02. The Labute approximate surface area is 104 Å². The van der Waals surface area contributed by atoms with E-state index < -0.39 is 11.0 Å². The van der Waals surface area contributed by atoms with Crippen LogP contribution in [0.15, 0.2) is 12.3 Å². The predicted octanol–water partition coefficient (Wildman–Crippen LogP) is 1.43. The van der Waals surface area contributed by atoms with Crippen molar-refractivity contribution < 1.29 is 10.0 Å². The van der Waals surface area contributed by atoms with Gasteiger partial charge in [-0.05, 0) is 12.8 Å². The molecule has 0 aromatic carbocycles. The third-order valence-corrected chi connectivity index (χ3v) is 2.45. The molecular weight excluding hydrogens is 236 g/mol. The Morgan fingerprint density at radius 3 is 3.00 bits per heavy atom. The quantitative estimate of drug-likeness (QED) is 0.583. The first kappa shape index (κ1) is 13.9. The molecule has 0 radical (unpaired) electrons. The number of rotatable bonds is 6. The Hall–Kier alpha value is -2.20. The number of nitrogens with one attached hydrogen (secondary N) is 1. The van der Waals surface area contributed by atoms with Gasteiger partial charge in [0, 0.05) is 12.6 Å². The lowest BCUT2D eigenvalue weighted by atomic mass is 10.2.